The van der Waals surface area contributed by atoms with Crippen LogP contribution in [0.3, 0.4) is 0 Å². The summed E-state index contributed by atoms with van der Waals surface area (Å²) in [5.74, 6) is 0. The highest BCUT2D eigenvalue weighted by Gasteiger charge is 2.17. The van der Waals surface area contributed by atoms with Crippen molar-refractivity contribution < 1.29 is 0 Å². The zero-order valence-electron chi connectivity index (χ0n) is 39.5. The molecule has 2 aliphatic rings. The van der Waals surface area contributed by atoms with Crippen molar-refractivity contribution >= 4 is 0 Å². The summed E-state index contributed by atoms with van der Waals surface area (Å²) in [7, 11) is 0. The van der Waals surface area contributed by atoms with Crippen molar-refractivity contribution in [1.82, 2.24) is 0 Å². The van der Waals surface area contributed by atoms with Crippen molar-refractivity contribution in [3.8, 4) is 0 Å². The second-order valence-corrected chi connectivity index (χ2v) is 19.3. The van der Waals surface area contributed by atoms with E-state index in [1.807, 2.05) is 0 Å². The van der Waals surface area contributed by atoms with Gasteiger partial charge in [-0.2, -0.15) is 0 Å². The first kappa shape index (κ1) is 52.1. The Labute approximate surface area is 360 Å². The van der Waals surface area contributed by atoms with Gasteiger partial charge in [0.2, 0.25) is 0 Å². The predicted molar refractivity (Wildman–Crippen MR) is 261 cm³/mol. The molecule has 0 radical (unpaired) electrons. The standard InChI is InChI=1S/C57H104/c1-3-5-7-9-11-13-15-17-19-21-23-25-27-29-31-33-35-37-39-41-43-45-47-54-49-52-57-55(50-51-56(57)53-54)48-46-44-42-40-38-36-34-32-30-28-26-24-22-20-18-16-14-12-10-8-6-4-2/h50-53H,3-49H2,1-2H3. The van der Waals surface area contributed by atoms with Crippen LogP contribution in [0.2, 0.25) is 0 Å². The third-order valence-electron chi connectivity index (χ3n) is 13.7. The van der Waals surface area contributed by atoms with E-state index in [1.54, 1.807) is 16.7 Å². The molecule has 0 heteroatoms. The van der Waals surface area contributed by atoms with Crippen LogP contribution in [0.15, 0.2) is 46.6 Å². The molecule has 0 heterocycles. The van der Waals surface area contributed by atoms with Gasteiger partial charge in [-0.05, 0) is 48.8 Å². The third kappa shape index (κ3) is 32.4. The Hall–Kier alpha value is -1.04. The van der Waals surface area contributed by atoms with E-state index < -0.39 is 0 Å². The van der Waals surface area contributed by atoms with Crippen LogP contribution in [-0.2, 0) is 0 Å². The largest absolute Gasteiger partial charge is 0.0723 e. The van der Waals surface area contributed by atoms with E-state index in [1.165, 1.54) is 307 Å². The summed E-state index contributed by atoms with van der Waals surface area (Å²) >= 11 is 0. The maximum Gasteiger partial charge on any atom is -0.0126 e. The van der Waals surface area contributed by atoms with Crippen molar-refractivity contribution in [3.05, 3.63) is 46.6 Å². The zero-order chi connectivity index (χ0) is 40.4. The molecule has 0 aliphatic heterocycles. The molecule has 0 nitrogen and oxygen atoms in total. The summed E-state index contributed by atoms with van der Waals surface area (Å²) < 4.78 is 0. The van der Waals surface area contributed by atoms with Gasteiger partial charge in [0, 0.05) is 0 Å². The number of allylic oxidation sites excluding steroid dienone is 8. The molecule has 332 valence electrons. The highest BCUT2D eigenvalue weighted by atomic mass is 14.2. The van der Waals surface area contributed by atoms with Crippen molar-refractivity contribution in [2.45, 2.75) is 316 Å². The van der Waals surface area contributed by atoms with Crippen LogP contribution in [-0.4, -0.2) is 0 Å². The van der Waals surface area contributed by atoms with E-state index in [9.17, 15) is 0 Å². The van der Waals surface area contributed by atoms with Gasteiger partial charge in [0.1, 0.15) is 0 Å². The maximum absolute atomic E-state index is 2.57. The molecule has 2 rings (SSSR count). The fourth-order valence-electron chi connectivity index (χ4n) is 9.72. The molecule has 0 unspecified atom stereocenters. The summed E-state index contributed by atoms with van der Waals surface area (Å²) in [5, 5.41) is 0. The molecule has 0 saturated heterocycles. The SMILES string of the molecule is CCCCCCCCCCCCCCCCCCCCCCCCC1=CC2=CC=C(CCCCCCCCCCCCCCCCCCCCCCCC)C2=CC1. The molecule has 0 aromatic carbocycles. The lowest BCUT2D eigenvalue weighted by Gasteiger charge is -2.16. The van der Waals surface area contributed by atoms with Crippen LogP contribution < -0.4 is 0 Å². The van der Waals surface area contributed by atoms with Crippen LogP contribution in [0.4, 0.5) is 0 Å². The summed E-state index contributed by atoms with van der Waals surface area (Å²) in [6, 6.07) is 0. The number of fused-ring (bicyclic) bond motifs is 1. The lowest BCUT2D eigenvalue weighted by molar-refractivity contribution is 0.519. The van der Waals surface area contributed by atoms with Crippen molar-refractivity contribution in [2.75, 3.05) is 0 Å². The summed E-state index contributed by atoms with van der Waals surface area (Å²) in [6.07, 6.45) is 78.1. The topological polar surface area (TPSA) is 0 Å². The smallest absolute Gasteiger partial charge is 0.0126 e. The van der Waals surface area contributed by atoms with Crippen LogP contribution in [0.5, 0.6) is 0 Å². The van der Waals surface area contributed by atoms with Crippen molar-refractivity contribution in [2.24, 2.45) is 0 Å². The first-order valence-electron chi connectivity index (χ1n) is 27.2. The Bertz CT molecular complexity index is 972. The van der Waals surface area contributed by atoms with E-state index in [4.69, 9.17) is 0 Å². The number of hydrogen-bond acceptors (Lipinski definition) is 0. The van der Waals surface area contributed by atoms with E-state index >= 15 is 0 Å². The molecule has 2 aliphatic carbocycles. The van der Waals surface area contributed by atoms with Gasteiger partial charge in [-0.15, -0.1) is 0 Å². The molecule has 0 fully saturated rings. The van der Waals surface area contributed by atoms with Crippen molar-refractivity contribution in [3.63, 3.8) is 0 Å². The number of hydrogen-bond donors (Lipinski definition) is 0. The van der Waals surface area contributed by atoms with Crippen LogP contribution in [0.25, 0.3) is 0 Å². The van der Waals surface area contributed by atoms with Gasteiger partial charge in [-0.3, -0.25) is 0 Å². The molecule has 0 aromatic rings. The van der Waals surface area contributed by atoms with Crippen LogP contribution >= 0.6 is 0 Å². The summed E-state index contributed by atoms with van der Waals surface area (Å²) in [4.78, 5) is 0. The summed E-state index contributed by atoms with van der Waals surface area (Å²) in [6.45, 7) is 4.62. The fraction of sp³-hybridized carbons (Fsp3) is 0.860. The number of unbranched alkanes of at least 4 members (excludes halogenated alkanes) is 42. The first-order valence-corrected chi connectivity index (χ1v) is 27.2. The Morgan fingerprint density at radius 1 is 0.298 bits per heavy atom. The van der Waals surface area contributed by atoms with Crippen molar-refractivity contribution in [1.29, 1.82) is 0 Å². The van der Waals surface area contributed by atoms with E-state index in [2.05, 4.69) is 38.2 Å². The molecule has 0 amide bonds. The average molecular weight is 789 g/mol. The highest BCUT2D eigenvalue weighted by molar-refractivity contribution is 5.62. The normalized spacial score (nSPS) is 13.9. The Morgan fingerprint density at radius 2 is 0.561 bits per heavy atom. The molecule has 0 bridgehead atoms. The molecule has 0 aromatic heterocycles. The lowest BCUT2D eigenvalue weighted by atomic mass is 9.89. The first-order chi connectivity index (χ1) is 28.3. The highest BCUT2D eigenvalue weighted by Crippen LogP contribution is 2.36. The molecule has 0 saturated carbocycles. The molecular weight excluding hydrogens is 685 g/mol. The second kappa shape index (κ2) is 41.7. The van der Waals surface area contributed by atoms with E-state index in [-0.39, 0.29) is 0 Å². The molecule has 0 spiro atoms. The molecule has 0 N–H and O–H groups in total. The lowest BCUT2D eigenvalue weighted by Crippen LogP contribution is -1.97. The minimum atomic E-state index is 1.20. The Balaban J connectivity index is 1.26. The second-order valence-electron chi connectivity index (χ2n) is 19.3. The van der Waals surface area contributed by atoms with E-state index in [0.717, 1.165) is 0 Å². The number of rotatable bonds is 46. The van der Waals surface area contributed by atoms with Gasteiger partial charge < -0.3 is 0 Å². The predicted octanol–water partition coefficient (Wildman–Crippen LogP) is 21.1. The van der Waals surface area contributed by atoms with Gasteiger partial charge in [0.15, 0.2) is 0 Å². The summed E-state index contributed by atoms with van der Waals surface area (Å²) in [5.41, 5.74) is 6.40. The van der Waals surface area contributed by atoms with Gasteiger partial charge in [0.05, 0.1) is 0 Å². The third-order valence-corrected chi connectivity index (χ3v) is 13.7. The Kier molecular flexibility index (Phi) is 38.1. The van der Waals surface area contributed by atoms with Crippen LogP contribution in [0.1, 0.15) is 316 Å². The molecular formula is C57H104. The monoisotopic (exact) mass is 789 g/mol. The van der Waals surface area contributed by atoms with Gasteiger partial charge in [-0.25, -0.2) is 0 Å². The molecule has 0 atom stereocenters. The van der Waals surface area contributed by atoms with Gasteiger partial charge >= 0.3 is 0 Å². The van der Waals surface area contributed by atoms with Crippen LogP contribution in [0, 0.1) is 0 Å². The van der Waals surface area contributed by atoms with Gasteiger partial charge in [0.25, 0.3) is 0 Å². The average Bonchev–Trinajstić information content (AvgIpc) is 3.63. The maximum atomic E-state index is 2.57. The van der Waals surface area contributed by atoms with E-state index in [0.29, 0.717) is 0 Å². The minimum Gasteiger partial charge on any atom is -0.0723 e. The minimum absolute atomic E-state index is 1.20. The fourth-order valence-corrected chi connectivity index (χ4v) is 9.72. The Morgan fingerprint density at radius 3 is 0.860 bits per heavy atom. The molecule has 57 heavy (non-hydrogen) atoms. The van der Waals surface area contributed by atoms with Gasteiger partial charge in [-0.1, -0.05) is 313 Å². The quantitative estimate of drug-likeness (QED) is 0.0539. The zero-order valence-corrected chi connectivity index (χ0v) is 39.5.